The topological polar surface area (TPSA) is 91.2 Å². The molecule has 1 amide bonds. The molecule has 164 valence electrons. The standard InChI is InChI=1S/C23H23N5O3S/c1-14-5-7-18(15(2)9-14)28-22-17(11-26-28)23(25-13-24-22)32-12-21(29)27-16-6-8-19(30-3)20(10-16)31-4/h5-11,13H,12H2,1-4H3,(H,27,29). The molecule has 2 aromatic carbocycles. The number of hydrogen-bond acceptors (Lipinski definition) is 7. The maximum Gasteiger partial charge on any atom is 0.234 e. The van der Waals surface area contributed by atoms with E-state index in [0.717, 1.165) is 16.6 Å². The van der Waals surface area contributed by atoms with E-state index in [-0.39, 0.29) is 11.7 Å². The number of amides is 1. The van der Waals surface area contributed by atoms with Crippen molar-refractivity contribution >= 4 is 34.4 Å². The van der Waals surface area contributed by atoms with Gasteiger partial charge in [-0.05, 0) is 37.6 Å². The van der Waals surface area contributed by atoms with Crippen LogP contribution in [0.5, 0.6) is 11.5 Å². The number of aryl methyl sites for hydroxylation is 2. The van der Waals surface area contributed by atoms with E-state index in [1.165, 1.54) is 23.7 Å². The summed E-state index contributed by atoms with van der Waals surface area (Å²) < 4.78 is 12.3. The molecule has 0 fully saturated rings. The molecule has 0 bridgehead atoms. The van der Waals surface area contributed by atoms with Gasteiger partial charge in [0.15, 0.2) is 17.1 Å². The van der Waals surface area contributed by atoms with Gasteiger partial charge < -0.3 is 14.8 Å². The van der Waals surface area contributed by atoms with Crippen molar-refractivity contribution in [3.8, 4) is 17.2 Å². The number of fused-ring (bicyclic) bond motifs is 1. The van der Waals surface area contributed by atoms with Crippen LogP contribution in [0.25, 0.3) is 16.7 Å². The van der Waals surface area contributed by atoms with Crippen LogP contribution in [-0.4, -0.2) is 45.6 Å². The van der Waals surface area contributed by atoms with Crippen LogP contribution in [-0.2, 0) is 4.79 Å². The minimum absolute atomic E-state index is 0.157. The van der Waals surface area contributed by atoms with Gasteiger partial charge >= 0.3 is 0 Å². The van der Waals surface area contributed by atoms with Crippen molar-refractivity contribution in [2.75, 3.05) is 25.3 Å². The molecule has 0 atom stereocenters. The van der Waals surface area contributed by atoms with Gasteiger partial charge in [0.2, 0.25) is 5.91 Å². The first kappa shape index (κ1) is 21.6. The Balaban J connectivity index is 1.50. The highest BCUT2D eigenvalue weighted by molar-refractivity contribution is 8.00. The molecular weight excluding hydrogens is 426 g/mol. The van der Waals surface area contributed by atoms with Crippen molar-refractivity contribution in [2.24, 2.45) is 0 Å². The third-order valence-electron chi connectivity index (χ3n) is 4.92. The number of methoxy groups -OCH3 is 2. The van der Waals surface area contributed by atoms with Crippen LogP contribution in [0.4, 0.5) is 5.69 Å². The highest BCUT2D eigenvalue weighted by Crippen LogP contribution is 2.30. The molecule has 0 aliphatic carbocycles. The van der Waals surface area contributed by atoms with Crippen molar-refractivity contribution in [2.45, 2.75) is 18.9 Å². The normalized spacial score (nSPS) is 10.9. The summed E-state index contributed by atoms with van der Waals surface area (Å²) in [4.78, 5) is 21.3. The second-order valence-corrected chi connectivity index (χ2v) is 8.13. The summed E-state index contributed by atoms with van der Waals surface area (Å²) in [5.74, 6) is 1.18. The smallest absolute Gasteiger partial charge is 0.234 e. The number of hydrogen-bond donors (Lipinski definition) is 1. The molecule has 0 aliphatic heterocycles. The molecule has 0 aliphatic rings. The number of nitrogens with one attached hydrogen (secondary N) is 1. The Labute approximate surface area is 190 Å². The van der Waals surface area contributed by atoms with Gasteiger partial charge in [0, 0.05) is 11.8 Å². The Morgan fingerprint density at radius 1 is 1.06 bits per heavy atom. The minimum Gasteiger partial charge on any atom is -0.493 e. The van der Waals surface area contributed by atoms with E-state index < -0.39 is 0 Å². The summed E-state index contributed by atoms with van der Waals surface area (Å²) >= 11 is 1.34. The summed E-state index contributed by atoms with van der Waals surface area (Å²) in [5.41, 5.74) is 4.59. The van der Waals surface area contributed by atoms with Crippen molar-refractivity contribution in [3.05, 3.63) is 60.0 Å². The van der Waals surface area contributed by atoms with E-state index in [0.29, 0.717) is 27.9 Å². The maximum absolute atomic E-state index is 12.5. The fourth-order valence-corrected chi connectivity index (χ4v) is 4.16. The largest absolute Gasteiger partial charge is 0.493 e. The summed E-state index contributed by atoms with van der Waals surface area (Å²) in [7, 11) is 3.12. The van der Waals surface area contributed by atoms with Crippen molar-refractivity contribution in [3.63, 3.8) is 0 Å². The molecule has 0 unspecified atom stereocenters. The second kappa shape index (κ2) is 9.27. The van der Waals surface area contributed by atoms with Crippen LogP contribution in [0.2, 0.25) is 0 Å². The van der Waals surface area contributed by atoms with Gasteiger partial charge in [0.1, 0.15) is 11.4 Å². The third-order valence-corrected chi connectivity index (χ3v) is 5.92. The van der Waals surface area contributed by atoms with Crippen molar-refractivity contribution < 1.29 is 14.3 Å². The molecule has 0 saturated heterocycles. The number of rotatable bonds is 7. The summed E-state index contributed by atoms with van der Waals surface area (Å²) in [5, 5.41) is 8.90. The van der Waals surface area contributed by atoms with E-state index in [2.05, 4.69) is 33.4 Å². The van der Waals surface area contributed by atoms with E-state index in [1.54, 1.807) is 43.3 Å². The van der Waals surface area contributed by atoms with E-state index >= 15 is 0 Å². The fraction of sp³-hybridized carbons (Fsp3) is 0.217. The first-order valence-electron chi connectivity index (χ1n) is 9.91. The molecule has 32 heavy (non-hydrogen) atoms. The number of benzene rings is 2. The third kappa shape index (κ3) is 4.38. The zero-order chi connectivity index (χ0) is 22.7. The molecule has 2 heterocycles. The van der Waals surface area contributed by atoms with Crippen LogP contribution in [0.1, 0.15) is 11.1 Å². The van der Waals surface area contributed by atoms with Crippen molar-refractivity contribution in [1.29, 1.82) is 0 Å². The van der Waals surface area contributed by atoms with Crippen LogP contribution in [0.15, 0.2) is 53.9 Å². The van der Waals surface area contributed by atoms with Crippen molar-refractivity contribution in [1.82, 2.24) is 19.7 Å². The molecule has 9 heteroatoms. The zero-order valence-corrected chi connectivity index (χ0v) is 19.1. The molecule has 4 rings (SSSR count). The van der Waals surface area contributed by atoms with E-state index in [9.17, 15) is 4.79 Å². The van der Waals surface area contributed by atoms with Crippen LogP contribution >= 0.6 is 11.8 Å². The number of carbonyl (C=O) groups excluding carboxylic acids is 1. The summed E-state index contributed by atoms with van der Waals surface area (Å²) in [6.45, 7) is 4.10. The lowest BCUT2D eigenvalue weighted by Crippen LogP contribution is -2.14. The molecular formula is C23H23N5O3S. The van der Waals surface area contributed by atoms with Gasteiger partial charge in [-0.25, -0.2) is 14.6 Å². The average Bonchev–Trinajstić information content (AvgIpc) is 3.22. The zero-order valence-electron chi connectivity index (χ0n) is 18.2. The predicted molar refractivity (Wildman–Crippen MR) is 125 cm³/mol. The Kier molecular flexibility index (Phi) is 6.27. The van der Waals surface area contributed by atoms with Crippen LogP contribution in [0.3, 0.4) is 0 Å². The SMILES string of the molecule is COc1ccc(NC(=O)CSc2ncnc3c2cnn3-c2ccc(C)cc2C)cc1OC. The second-order valence-electron chi connectivity index (χ2n) is 7.17. The quantitative estimate of drug-likeness (QED) is 0.334. The number of aromatic nitrogens is 4. The number of anilines is 1. The number of ether oxygens (including phenoxy) is 2. The molecule has 8 nitrogen and oxygen atoms in total. The molecule has 4 aromatic rings. The monoisotopic (exact) mass is 449 g/mol. The van der Waals surface area contributed by atoms with Gasteiger partial charge in [-0.3, -0.25) is 4.79 Å². The predicted octanol–water partition coefficient (Wildman–Crippen LogP) is 4.18. The minimum atomic E-state index is -0.157. The lowest BCUT2D eigenvalue weighted by molar-refractivity contribution is -0.113. The summed E-state index contributed by atoms with van der Waals surface area (Å²) in [6, 6.07) is 11.4. The molecule has 0 spiro atoms. The lowest BCUT2D eigenvalue weighted by atomic mass is 10.1. The first-order chi connectivity index (χ1) is 15.5. The molecule has 1 N–H and O–H groups in total. The Hall–Kier alpha value is -3.59. The molecule has 0 radical (unpaired) electrons. The molecule has 0 saturated carbocycles. The lowest BCUT2D eigenvalue weighted by Gasteiger charge is -2.10. The van der Waals surface area contributed by atoms with Crippen LogP contribution in [0, 0.1) is 13.8 Å². The highest BCUT2D eigenvalue weighted by Gasteiger charge is 2.15. The highest BCUT2D eigenvalue weighted by atomic mass is 32.2. The average molecular weight is 450 g/mol. The van der Waals surface area contributed by atoms with Gasteiger partial charge in [0.05, 0.1) is 37.2 Å². The van der Waals surface area contributed by atoms with E-state index in [1.807, 2.05) is 19.1 Å². The Bertz CT molecular complexity index is 1290. The fourth-order valence-electron chi connectivity index (χ4n) is 3.40. The molecule has 2 aromatic heterocycles. The van der Waals surface area contributed by atoms with Gasteiger partial charge in [-0.1, -0.05) is 29.5 Å². The number of carbonyl (C=O) groups is 1. The van der Waals surface area contributed by atoms with Gasteiger partial charge in [-0.2, -0.15) is 5.10 Å². The van der Waals surface area contributed by atoms with E-state index in [4.69, 9.17) is 9.47 Å². The first-order valence-corrected chi connectivity index (χ1v) is 10.9. The Morgan fingerprint density at radius 2 is 1.88 bits per heavy atom. The van der Waals surface area contributed by atoms with Gasteiger partial charge in [-0.15, -0.1) is 0 Å². The maximum atomic E-state index is 12.5. The number of nitrogens with zero attached hydrogens (tertiary/aromatic N) is 4. The van der Waals surface area contributed by atoms with Crippen LogP contribution < -0.4 is 14.8 Å². The number of thioether (sulfide) groups is 1. The Morgan fingerprint density at radius 3 is 2.62 bits per heavy atom. The summed E-state index contributed by atoms with van der Waals surface area (Å²) in [6.07, 6.45) is 3.24. The van der Waals surface area contributed by atoms with Gasteiger partial charge in [0.25, 0.3) is 0 Å².